The second-order valence-corrected chi connectivity index (χ2v) is 4.36. The van der Waals surface area contributed by atoms with Gasteiger partial charge in [-0.1, -0.05) is 11.6 Å². The van der Waals surface area contributed by atoms with E-state index >= 15 is 0 Å². The zero-order chi connectivity index (χ0) is 13.0. The highest BCUT2D eigenvalue weighted by Gasteiger charge is 2.09. The summed E-state index contributed by atoms with van der Waals surface area (Å²) in [5, 5.41) is 0.644. The SMILES string of the molecule is CC(N)c1cc(Cl)ccc1OCc1ncccn1. The molecule has 0 bridgehead atoms. The minimum absolute atomic E-state index is 0.143. The van der Waals surface area contributed by atoms with Crippen LogP contribution in [0.25, 0.3) is 0 Å². The lowest BCUT2D eigenvalue weighted by atomic mass is 10.1. The Balaban J connectivity index is 2.14. The normalized spacial score (nSPS) is 12.2. The summed E-state index contributed by atoms with van der Waals surface area (Å²) >= 11 is 5.94. The number of nitrogens with two attached hydrogens (primary N) is 1. The molecule has 0 aliphatic rings. The lowest BCUT2D eigenvalue weighted by molar-refractivity contribution is 0.291. The van der Waals surface area contributed by atoms with Gasteiger partial charge in [-0.05, 0) is 31.2 Å². The molecule has 1 aromatic carbocycles. The molecule has 1 unspecified atom stereocenters. The van der Waals surface area contributed by atoms with Crippen molar-refractivity contribution in [3.8, 4) is 5.75 Å². The summed E-state index contributed by atoms with van der Waals surface area (Å²) in [5.74, 6) is 1.34. The molecule has 0 radical (unpaired) electrons. The van der Waals surface area contributed by atoms with Crippen molar-refractivity contribution in [3.05, 3.63) is 53.1 Å². The van der Waals surface area contributed by atoms with Crippen LogP contribution in [0.15, 0.2) is 36.7 Å². The van der Waals surface area contributed by atoms with Crippen LogP contribution < -0.4 is 10.5 Å². The Kier molecular flexibility index (Phi) is 4.12. The Morgan fingerprint density at radius 3 is 2.72 bits per heavy atom. The number of nitrogens with zero attached hydrogens (tertiary/aromatic N) is 2. The van der Waals surface area contributed by atoms with Crippen LogP contribution in [-0.4, -0.2) is 9.97 Å². The molecule has 4 nitrogen and oxygen atoms in total. The summed E-state index contributed by atoms with van der Waals surface area (Å²) < 4.78 is 5.68. The molecular formula is C13H14ClN3O. The van der Waals surface area contributed by atoms with Gasteiger partial charge in [0, 0.05) is 29.0 Å². The van der Waals surface area contributed by atoms with E-state index in [4.69, 9.17) is 22.1 Å². The molecular weight excluding hydrogens is 250 g/mol. The highest BCUT2D eigenvalue weighted by molar-refractivity contribution is 6.30. The van der Waals surface area contributed by atoms with Crippen LogP contribution in [0.4, 0.5) is 0 Å². The monoisotopic (exact) mass is 263 g/mol. The van der Waals surface area contributed by atoms with Crippen molar-refractivity contribution < 1.29 is 4.74 Å². The molecule has 0 saturated heterocycles. The fourth-order valence-electron chi connectivity index (χ4n) is 1.55. The quantitative estimate of drug-likeness (QED) is 0.921. The van der Waals surface area contributed by atoms with Crippen LogP contribution in [-0.2, 0) is 6.61 Å². The van der Waals surface area contributed by atoms with Gasteiger partial charge in [0.15, 0.2) is 5.82 Å². The average Bonchev–Trinajstić information content (AvgIpc) is 2.38. The molecule has 0 aliphatic carbocycles. The van der Waals surface area contributed by atoms with E-state index in [9.17, 15) is 0 Å². The van der Waals surface area contributed by atoms with E-state index in [0.717, 1.165) is 5.56 Å². The summed E-state index contributed by atoms with van der Waals surface area (Å²) in [5.41, 5.74) is 6.76. The largest absolute Gasteiger partial charge is 0.485 e. The molecule has 18 heavy (non-hydrogen) atoms. The Hall–Kier alpha value is -1.65. The van der Waals surface area contributed by atoms with Gasteiger partial charge in [-0.25, -0.2) is 9.97 Å². The Bertz CT molecular complexity index is 517. The first-order valence-electron chi connectivity index (χ1n) is 5.60. The second kappa shape index (κ2) is 5.80. The number of hydrogen-bond acceptors (Lipinski definition) is 4. The van der Waals surface area contributed by atoms with Gasteiger partial charge in [-0.2, -0.15) is 0 Å². The van der Waals surface area contributed by atoms with Crippen molar-refractivity contribution in [1.29, 1.82) is 0 Å². The van der Waals surface area contributed by atoms with Crippen LogP contribution >= 0.6 is 11.6 Å². The molecule has 1 atom stereocenters. The molecule has 2 rings (SSSR count). The Morgan fingerprint density at radius 2 is 2.06 bits per heavy atom. The topological polar surface area (TPSA) is 61.0 Å². The highest BCUT2D eigenvalue weighted by atomic mass is 35.5. The molecule has 0 amide bonds. The lowest BCUT2D eigenvalue weighted by Gasteiger charge is -2.13. The Morgan fingerprint density at radius 1 is 1.33 bits per heavy atom. The van der Waals surface area contributed by atoms with Gasteiger partial charge in [0.25, 0.3) is 0 Å². The maximum atomic E-state index is 5.94. The number of aromatic nitrogens is 2. The third-order valence-corrected chi connectivity index (χ3v) is 2.67. The summed E-state index contributed by atoms with van der Waals surface area (Å²) in [4.78, 5) is 8.18. The predicted molar refractivity (Wildman–Crippen MR) is 70.4 cm³/mol. The maximum absolute atomic E-state index is 5.94. The van der Waals surface area contributed by atoms with Crippen LogP contribution in [0.5, 0.6) is 5.75 Å². The van der Waals surface area contributed by atoms with E-state index < -0.39 is 0 Å². The zero-order valence-electron chi connectivity index (χ0n) is 10.0. The average molecular weight is 264 g/mol. The fourth-order valence-corrected chi connectivity index (χ4v) is 1.73. The Labute approximate surface area is 111 Å². The van der Waals surface area contributed by atoms with E-state index in [1.54, 1.807) is 24.5 Å². The van der Waals surface area contributed by atoms with Gasteiger partial charge in [-0.3, -0.25) is 0 Å². The molecule has 2 aromatic rings. The first-order chi connectivity index (χ1) is 8.66. The van der Waals surface area contributed by atoms with E-state index in [2.05, 4.69) is 9.97 Å². The highest BCUT2D eigenvalue weighted by Crippen LogP contribution is 2.27. The van der Waals surface area contributed by atoms with Gasteiger partial charge >= 0.3 is 0 Å². The predicted octanol–water partition coefficient (Wildman–Crippen LogP) is 2.73. The van der Waals surface area contributed by atoms with Gasteiger partial charge in [0.2, 0.25) is 0 Å². The molecule has 94 valence electrons. The van der Waals surface area contributed by atoms with Crippen LogP contribution in [0, 0.1) is 0 Å². The summed E-state index contributed by atoms with van der Waals surface area (Å²) in [6.07, 6.45) is 3.36. The summed E-state index contributed by atoms with van der Waals surface area (Å²) in [6.45, 7) is 2.19. The number of ether oxygens (including phenoxy) is 1. The third-order valence-electron chi connectivity index (χ3n) is 2.44. The zero-order valence-corrected chi connectivity index (χ0v) is 10.8. The van der Waals surface area contributed by atoms with Gasteiger partial charge in [0.05, 0.1) is 0 Å². The number of halogens is 1. The smallest absolute Gasteiger partial charge is 0.166 e. The number of hydrogen-bond donors (Lipinski definition) is 1. The van der Waals surface area contributed by atoms with Gasteiger partial charge in [0.1, 0.15) is 12.4 Å². The van der Waals surface area contributed by atoms with Crippen molar-refractivity contribution in [2.45, 2.75) is 19.6 Å². The second-order valence-electron chi connectivity index (χ2n) is 3.92. The third kappa shape index (κ3) is 3.18. The van der Waals surface area contributed by atoms with Crippen molar-refractivity contribution in [2.24, 2.45) is 5.73 Å². The van der Waals surface area contributed by atoms with Gasteiger partial charge < -0.3 is 10.5 Å². The lowest BCUT2D eigenvalue weighted by Crippen LogP contribution is -2.09. The summed E-state index contributed by atoms with van der Waals surface area (Å²) in [7, 11) is 0. The standard InChI is InChI=1S/C13H14ClN3O/c1-9(15)11-7-10(14)3-4-12(11)18-8-13-16-5-2-6-17-13/h2-7,9H,8,15H2,1H3. The molecule has 0 saturated carbocycles. The van der Waals surface area contributed by atoms with Crippen molar-refractivity contribution in [1.82, 2.24) is 9.97 Å². The molecule has 0 spiro atoms. The van der Waals surface area contributed by atoms with Crippen molar-refractivity contribution >= 4 is 11.6 Å². The van der Waals surface area contributed by atoms with E-state index in [1.807, 2.05) is 19.1 Å². The van der Waals surface area contributed by atoms with Crippen LogP contribution in [0.1, 0.15) is 24.4 Å². The van der Waals surface area contributed by atoms with E-state index in [0.29, 0.717) is 23.2 Å². The number of benzene rings is 1. The number of rotatable bonds is 4. The van der Waals surface area contributed by atoms with Crippen LogP contribution in [0.3, 0.4) is 0 Å². The van der Waals surface area contributed by atoms with E-state index in [1.165, 1.54) is 0 Å². The van der Waals surface area contributed by atoms with Crippen molar-refractivity contribution in [2.75, 3.05) is 0 Å². The molecule has 1 heterocycles. The van der Waals surface area contributed by atoms with Crippen molar-refractivity contribution in [3.63, 3.8) is 0 Å². The molecule has 5 heteroatoms. The first kappa shape index (κ1) is 12.8. The minimum atomic E-state index is -0.143. The minimum Gasteiger partial charge on any atom is -0.485 e. The molecule has 0 fully saturated rings. The molecule has 2 N–H and O–H groups in total. The van der Waals surface area contributed by atoms with E-state index in [-0.39, 0.29) is 6.04 Å². The van der Waals surface area contributed by atoms with Crippen LogP contribution in [0.2, 0.25) is 5.02 Å². The maximum Gasteiger partial charge on any atom is 0.166 e. The fraction of sp³-hybridized carbons (Fsp3) is 0.231. The molecule has 0 aliphatic heterocycles. The first-order valence-corrected chi connectivity index (χ1v) is 5.98. The van der Waals surface area contributed by atoms with Gasteiger partial charge in [-0.15, -0.1) is 0 Å². The molecule has 1 aromatic heterocycles. The summed E-state index contributed by atoms with van der Waals surface area (Å²) in [6, 6.07) is 7.01.